The molecule has 0 heterocycles. The Morgan fingerprint density at radius 2 is 1.76 bits per heavy atom. The highest BCUT2D eigenvalue weighted by Gasteiger charge is 2.21. The summed E-state index contributed by atoms with van der Waals surface area (Å²) in [6, 6.07) is 11.8. The first-order valence-electron chi connectivity index (χ1n) is 11.4. The fourth-order valence-corrected chi connectivity index (χ4v) is 4.02. The number of carbonyl (C=O) groups excluding carboxylic acids is 1. The molecule has 0 saturated carbocycles. The summed E-state index contributed by atoms with van der Waals surface area (Å²) in [7, 11) is 9.07. The number of anilines is 1. The van der Waals surface area contributed by atoms with Crippen molar-refractivity contribution in [2.45, 2.75) is 25.8 Å². The molecule has 34 heavy (non-hydrogen) atoms. The van der Waals surface area contributed by atoms with Crippen LogP contribution >= 0.6 is 0 Å². The van der Waals surface area contributed by atoms with E-state index in [4.69, 9.17) is 9.47 Å². The molecule has 0 amide bonds. The van der Waals surface area contributed by atoms with Crippen molar-refractivity contribution in [2.24, 2.45) is 0 Å². The van der Waals surface area contributed by atoms with Gasteiger partial charge in [0.2, 0.25) is 0 Å². The van der Waals surface area contributed by atoms with Crippen molar-refractivity contribution in [3.05, 3.63) is 76.1 Å². The summed E-state index contributed by atoms with van der Waals surface area (Å²) in [6.45, 7) is 0.742. The molecule has 3 rings (SSSR count). The lowest BCUT2D eigenvalue weighted by atomic mass is 9.89. The molecular formula is C28H34N2O4. The number of rotatable bonds is 9. The standard InChI is InChI=1S/C28H34N2O4/c1-29-18-19-9-10-21(26(15-19)33-4)16-22-7-6-8-24(28(22)32)25(31)14-12-20-11-13-23(30(2)3)17-27(20)34-5/h9-17,29,32H,6-8,18H2,1-5H3/b14-12+,22-16+. The highest BCUT2D eigenvalue weighted by atomic mass is 16.5. The molecule has 6 heteroatoms. The molecule has 0 radical (unpaired) electrons. The van der Waals surface area contributed by atoms with Crippen molar-refractivity contribution in [2.75, 3.05) is 40.3 Å². The van der Waals surface area contributed by atoms with Gasteiger partial charge >= 0.3 is 0 Å². The number of methoxy groups -OCH3 is 2. The number of allylic oxidation sites excluding steroid dienone is 3. The molecule has 0 fully saturated rings. The van der Waals surface area contributed by atoms with Gasteiger partial charge in [-0.1, -0.05) is 12.1 Å². The Balaban J connectivity index is 1.87. The molecule has 0 atom stereocenters. The number of benzene rings is 2. The minimum atomic E-state index is -0.196. The summed E-state index contributed by atoms with van der Waals surface area (Å²) in [6.07, 6.45) is 7.20. The second kappa shape index (κ2) is 11.6. The van der Waals surface area contributed by atoms with Gasteiger partial charge in [-0.15, -0.1) is 0 Å². The number of hydrogen-bond donors (Lipinski definition) is 2. The molecule has 1 aliphatic rings. The van der Waals surface area contributed by atoms with Gasteiger partial charge in [-0.3, -0.25) is 4.79 Å². The van der Waals surface area contributed by atoms with Gasteiger partial charge in [0.05, 0.1) is 14.2 Å². The number of ether oxygens (including phenoxy) is 2. The van der Waals surface area contributed by atoms with E-state index in [9.17, 15) is 9.90 Å². The Labute approximate surface area is 202 Å². The lowest BCUT2D eigenvalue weighted by Gasteiger charge is -2.18. The van der Waals surface area contributed by atoms with Crippen LogP contribution < -0.4 is 19.7 Å². The van der Waals surface area contributed by atoms with E-state index in [1.807, 2.05) is 68.5 Å². The van der Waals surface area contributed by atoms with Gasteiger partial charge in [-0.25, -0.2) is 0 Å². The van der Waals surface area contributed by atoms with Crippen LogP contribution in [0.4, 0.5) is 5.69 Å². The first-order chi connectivity index (χ1) is 16.4. The van der Waals surface area contributed by atoms with Crippen LogP contribution in [0.2, 0.25) is 0 Å². The van der Waals surface area contributed by atoms with Crippen LogP contribution in [0.25, 0.3) is 12.2 Å². The van der Waals surface area contributed by atoms with E-state index in [0.717, 1.165) is 46.7 Å². The van der Waals surface area contributed by atoms with E-state index < -0.39 is 0 Å². The molecule has 0 spiro atoms. The zero-order valence-electron chi connectivity index (χ0n) is 20.6. The van der Waals surface area contributed by atoms with Crippen molar-refractivity contribution in [3.63, 3.8) is 0 Å². The molecule has 6 nitrogen and oxygen atoms in total. The lowest BCUT2D eigenvalue weighted by Crippen LogP contribution is -2.10. The molecule has 1 aliphatic carbocycles. The third kappa shape index (κ3) is 5.88. The summed E-state index contributed by atoms with van der Waals surface area (Å²) in [5.74, 6) is 1.29. The molecule has 180 valence electrons. The highest BCUT2D eigenvalue weighted by Crippen LogP contribution is 2.33. The molecule has 0 aromatic heterocycles. The Bertz CT molecular complexity index is 1130. The molecule has 2 aromatic rings. The molecule has 0 aliphatic heterocycles. The van der Waals surface area contributed by atoms with E-state index in [1.54, 1.807) is 20.3 Å². The van der Waals surface area contributed by atoms with Crippen LogP contribution in [0.5, 0.6) is 11.5 Å². The average molecular weight is 463 g/mol. The van der Waals surface area contributed by atoms with E-state index in [-0.39, 0.29) is 11.5 Å². The van der Waals surface area contributed by atoms with Gasteiger partial charge in [-0.05, 0) is 73.9 Å². The zero-order valence-corrected chi connectivity index (χ0v) is 20.6. The van der Waals surface area contributed by atoms with Crippen LogP contribution in [0.3, 0.4) is 0 Å². The van der Waals surface area contributed by atoms with Gasteiger partial charge < -0.3 is 24.8 Å². The first-order valence-corrected chi connectivity index (χ1v) is 11.4. The summed E-state index contributed by atoms with van der Waals surface area (Å²) < 4.78 is 11.0. The van der Waals surface area contributed by atoms with Crippen molar-refractivity contribution >= 4 is 23.6 Å². The minimum absolute atomic E-state index is 0.0668. The Morgan fingerprint density at radius 1 is 1.06 bits per heavy atom. The number of nitrogens with zero attached hydrogens (tertiary/aromatic N) is 1. The third-order valence-corrected chi connectivity index (χ3v) is 5.92. The average Bonchev–Trinajstić information content (AvgIpc) is 2.84. The number of ketones is 1. The number of nitrogens with one attached hydrogen (secondary N) is 1. The van der Waals surface area contributed by atoms with Crippen LogP contribution in [0.1, 0.15) is 36.0 Å². The Morgan fingerprint density at radius 3 is 2.44 bits per heavy atom. The number of hydrogen-bond acceptors (Lipinski definition) is 6. The molecule has 0 unspecified atom stereocenters. The predicted octanol–water partition coefficient (Wildman–Crippen LogP) is 5.15. The Hall–Kier alpha value is -3.51. The van der Waals surface area contributed by atoms with Gasteiger partial charge in [0.25, 0.3) is 0 Å². The molecule has 2 aromatic carbocycles. The SMILES string of the molecule is CNCc1ccc(/C=C2\CCCC(C(=O)/C=C/c3ccc(N(C)C)cc3OC)=C2O)c(OC)c1. The van der Waals surface area contributed by atoms with Crippen LogP contribution in [0, 0.1) is 0 Å². The topological polar surface area (TPSA) is 71.0 Å². The normalized spacial score (nSPS) is 15.1. The maximum atomic E-state index is 13.0. The Kier molecular flexibility index (Phi) is 8.55. The third-order valence-electron chi connectivity index (χ3n) is 5.92. The van der Waals surface area contributed by atoms with Crippen molar-refractivity contribution < 1.29 is 19.4 Å². The number of carbonyl (C=O) groups is 1. The molecule has 0 bridgehead atoms. The second-order valence-electron chi connectivity index (χ2n) is 8.48. The summed E-state index contributed by atoms with van der Waals surface area (Å²) in [4.78, 5) is 15.0. The maximum absolute atomic E-state index is 13.0. The van der Waals surface area contributed by atoms with Crippen molar-refractivity contribution in [1.29, 1.82) is 0 Å². The minimum Gasteiger partial charge on any atom is -0.507 e. The van der Waals surface area contributed by atoms with Gasteiger partial charge in [0.15, 0.2) is 5.78 Å². The van der Waals surface area contributed by atoms with Crippen molar-refractivity contribution in [3.8, 4) is 11.5 Å². The van der Waals surface area contributed by atoms with Crippen LogP contribution in [-0.4, -0.2) is 46.3 Å². The fourth-order valence-electron chi connectivity index (χ4n) is 4.02. The number of aliphatic hydroxyl groups is 1. The first kappa shape index (κ1) is 25.1. The summed E-state index contributed by atoms with van der Waals surface area (Å²) >= 11 is 0. The fraction of sp³-hybridized carbons (Fsp3) is 0.321. The predicted molar refractivity (Wildman–Crippen MR) is 139 cm³/mol. The summed E-state index contributed by atoms with van der Waals surface area (Å²) in [5.41, 5.74) is 4.98. The molecular weight excluding hydrogens is 428 g/mol. The van der Waals surface area contributed by atoms with Crippen LogP contribution in [0.15, 0.2) is 59.4 Å². The van der Waals surface area contributed by atoms with E-state index in [2.05, 4.69) is 5.32 Å². The highest BCUT2D eigenvalue weighted by molar-refractivity contribution is 6.07. The van der Waals surface area contributed by atoms with Crippen molar-refractivity contribution in [1.82, 2.24) is 5.32 Å². The van der Waals surface area contributed by atoms with E-state index >= 15 is 0 Å². The maximum Gasteiger partial charge on any atom is 0.185 e. The van der Waals surface area contributed by atoms with Gasteiger partial charge in [-0.2, -0.15) is 0 Å². The summed E-state index contributed by atoms with van der Waals surface area (Å²) in [5, 5.41) is 14.1. The largest absolute Gasteiger partial charge is 0.507 e. The zero-order chi connectivity index (χ0) is 24.7. The molecule has 0 saturated heterocycles. The smallest absolute Gasteiger partial charge is 0.185 e. The second-order valence-corrected chi connectivity index (χ2v) is 8.48. The van der Waals surface area contributed by atoms with E-state index in [1.165, 1.54) is 6.08 Å². The van der Waals surface area contributed by atoms with E-state index in [0.29, 0.717) is 24.2 Å². The van der Waals surface area contributed by atoms with Gasteiger partial charge in [0.1, 0.15) is 17.3 Å². The monoisotopic (exact) mass is 462 g/mol. The quantitative estimate of drug-likeness (QED) is 0.502. The van der Waals surface area contributed by atoms with Gasteiger partial charge in [0, 0.05) is 49.1 Å². The lowest BCUT2D eigenvalue weighted by molar-refractivity contribution is -0.111. The number of aliphatic hydroxyl groups excluding tert-OH is 1. The van der Waals surface area contributed by atoms with Crippen LogP contribution in [-0.2, 0) is 11.3 Å². The molecule has 2 N–H and O–H groups in total.